The minimum absolute atomic E-state index is 0.0691. The molecule has 6 nitrogen and oxygen atoms in total. The Balaban J connectivity index is 2.62. The number of aromatic hydroxyl groups is 1. The molecule has 0 heterocycles. The Morgan fingerprint density at radius 2 is 2.06 bits per heavy atom. The van der Waals surface area contributed by atoms with Gasteiger partial charge < -0.3 is 20.5 Å². The smallest absolute Gasteiger partial charge is 0.353 e. The van der Waals surface area contributed by atoms with Crippen molar-refractivity contribution in [3.63, 3.8) is 0 Å². The highest BCUT2D eigenvalue weighted by Gasteiger charge is 2.10. The molecule has 3 N–H and O–H groups in total. The van der Waals surface area contributed by atoms with Crippen LogP contribution in [0.5, 0.6) is 5.75 Å². The van der Waals surface area contributed by atoms with E-state index in [9.17, 15) is 14.7 Å². The van der Waals surface area contributed by atoms with Gasteiger partial charge in [-0.1, -0.05) is 12.6 Å². The number of amides is 2. The van der Waals surface area contributed by atoms with E-state index < -0.39 is 12.0 Å². The van der Waals surface area contributed by atoms with Crippen LogP contribution in [-0.2, 0) is 9.53 Å². The molecule has 0 aliphatic carbocycles. The van der Waals surface area contributed by atoms with E-state index in [0.29, 0.717) is 11.3 Å². The number of aryl methyl sites for hydroxylation is 1. The summed E-state index contributed by atoms with van der Waals surface area (Å²) in [5, 5.41) is 14.1. The third-order valence-corrected chi connectivity index (χ3v) is 2.16. The number of hydrogen-bond donors (Lipinski definition) is 3. The first-order valence-electron chi connectivity index (χ1n) is 5.09. The molecular formula is C12H14N2O4. The fourth-order valence-corrected chi connectivity index (χ4v) is 1.16. The predicted octanol–water partition coefficient (Wildman–Crippen LogP) is 1.51. The van der Waals surface area contributed by atoms with E-state index in [1.807, 2.05) is 0 Å². The van der Waals surface area contributed by atoms with Crippen molar-refractivity contribution in [2.75, 3.05) is 12.4 Å². The van der Waals surface area contributed by atoms with Crippen LogP contribution in [0.2, 0.25) is 0 Å². The van der Waals surface area contributed by atoms with Gasteiger partial charge in [0, 0.05) is 11.8 Å². The molecule has 1 aromatic carbocycles. The van der Waals surface area contributed by atoms with Crippen LogP contribution in [0.3, 0.4) is 0 Å². The predicted molar refractivity (Wildman–Crippen MR) is 66.2 cm³/mol. The van der Waals surface area contributed by atoms with Crippen LogP contribution in [0, 0.1) is 6.92 Å². The Hall–Kier alpha value is -2.50. The molecule has 6 heteroatoms. The molecule has 0 aromatic heterocycles. The van der Waals surface area contributed by atoms with Gasteiger partial charge in [0.2, 0.25) is 0 Å². The number of esters is 1. The number of carbonyl (C=O) groups is 2. The lowest BCUT2D eigenvalue weighted by molar-refractivity contribution is -0.136. The highest BCUT2D eigenvalue weighted by atomic mass is 16.5. The van der Waals surface area contributed by atoms with Crippen molar-refractivity contribution in [1.82, 2.24) is 5.32 Å². The zero-order valence-corrected chi connectivity index (χ0v) is 10.1. The van der Waals surface area contributed by atoms with E-state index in [-0.39, 0.29) is 11.4 Å². The molecule has 0 bridgehead atoms. The molecule has 2 amide bonds. The largest absolute Gasteiger partial charge is 0.508 e. The van der Waals surface area contributed by atoms with Gasteiger partial charge in [0.25, 0.3) is 0 Å². The maximum absolute atomic E-state index is 11.5. The fraction of sp³-hybridized carbons (Fsp3) is 0.167. The molecule has 18 heavy (non-hydrogen) atoms. The number of carbonyl (C=O) groups excluding carboxylic acids is 2. The maximum atomic E-state index is 11.5. The van der Waals surface area contributed by atoms with Crippen LogP contribution in [0.15, 0.2) is 30.5 Å². The zero-order chi connectivity index (χ0) is 13.7. The Bertz CT molecular complexity index is 497. The summed E-state index contributed by atoms with van der Waals surface area (Å²) in [5.41, 5.74) is 0.916. The van der Waals surface area contributed by atoms with Gasteiger partial charge in [-0.3, -0.25) is 0 Å². The van der Waals surface area contributed by atoms with Gasteiger partial charge in [-0.25, -0.2) is 9.59 Å². The lowest BCUT2D eigenvalue weighted by Gasteiger charge is -2.09. The molecule has 0 fully saturated rings. The molecule has 1 rings (SSSR count). The van der Waals surface area contributed by atoms with Crippen LogP contribution >= 0.6 is 0 Å². The molecule has 0 saturated heterocycles. The first kappa shape index (κ1) is 13.6. The van der Waals surface area contributed by atoms with Crippen molar-refractivity contribution >= 4 is 17.7 Å². The highest BCUT2D eigenvalue weighted by molar-refractivity contribution is 5.97. The van der Waals surface area contributed by atoms with Gasteiger partial charge >= 0.3 is 12.0 Å². The normalized spacial score (nSPS) is 9.44. The third-order valence-electron chi connectivity index (χ3n) is 2.16. The summed E-state index contributed by atoms with van der Waals surface area (Å²) in [4.78, 5) is 22.5. The Morgan fingerprint density at radius 3 is 2.61 bits per heavy atom. The van der Waals surface area contributed by atoms with E-state index in [0.717, 1.165) is 0 Å². The molecule has 0 unspecified atom stereocenters. The average Bonchev–Trinajstić information content (AvgIpc) is 2.32. The second-order valence-electron chi connectivity index (χ2n) is 3.55. The molecule has 0 spiro atoms. The van der Waals surface area contributed by atoms with Crippen molar-refractivity contribution in [3.05, 3.63) is 36.0 Å². The molecular weight excluding hydrogens is 236 g/mol. The Labute approximate surface area is 104 Å². The van der Waals surface area contributed by atoms with Gasteiger partial charge in [-0.05, 0) is 18.6 Å². The summed E-state index contributed by atoms with van der Waals surface area (Å²) in [6.45, 7) is 5.08. The average molecular weight is 250 g/mol. The second kappa shape index (κ2) is 5.72. The van der Waals surface area contributed by atoms with E-state index >= 15 is 0 Å². The highest BCUT2D eigenvalue weighted by Crippen LogP contribution is 2.20. The lowest BCUT2D eigenvalue weighted by Crippen LogP contribution is -2.31. The maximum Gasteiger partial charge on any atom is 0.353 e. The summed E-state index contributed by atoms with van der Waals surface area (Å²) in [6, 6.07) is 4.03. The minimum atomic E-state index is -0.725. The number of nitrogens with one attached hydrogen (secondary N) is 2. The Kier molecular flexibility index (Phi) is 4.31. The summed E-state index contributed by atoms with van der Waals surface area (Å²) in [7, 11) is 1.19. The van der Waals surface area contributed by atoms with Crippen molar-refractivity contribution in [2.45, 2.75) is 6.92 Å². The molecule has 0 aliphatic heterocycles. The van der Waals surface area contributed by atoms with Gasteiger partial charge in [0.05, 0.1) is 7.11 Å². The van der Waals surface area contributed by atoms with E-state index in [1.165, 1.54) is 13.2 Å². The van der Waals surface area contributed by atoms with Crippen LogP contribution in [0.25, 0.3) is 0 Å². The Morgan fingerprint density at radius 1 is 1.39 bits per heavy atom. The fourth-order valence-electron chi connectivity index (χ4n) is 1.16. The first-order chi connectivity index (χ1) is 8.43. The van der Waals surface area contributed by atoms with Crippen LogP contribution < -0.4 is 10.6 Å². The third kappa shape index (κ3) is 3.51. The number of hydrogen-bond acceptors (Lipinski definition) is 4. The number of methoxy groups -OCH3 is 1. The van der Waals surface area contributed by atoms with Crippen LogP contribution in [0.1, 0.15) is 5.56 Å². The monoisotopic (exact) mass is 250 g/mol. The molecule has 0 radical (unpaired) electrons. The lowest BCUT2D eigenvalue weighted by atomic mass is 10.2. The molecule has 1 aromatic rings. The number of urea groups is 1. The molecule has 0 atom stereocenters. The zero-order valence-electron chi connectivity index (χ0n) is 10.1. The number of benzene rings is 1. The van der Waals surface area contributed by atoms with E-state index in [1.54, 1.807) is 19.1 Å². The summed E-state index contributed by atoms with van der Waals surface area (Å²) in [6.07, 6.45) is 0. The SMILES string of the molecule is C=C(NC(=O)Nc1ccc(C)c(O)c1)C(=O)OC. The number of phenols is 1. The van der Waals surface area contributed by atoms with Crippen LogP contribution in [-0.4, -0.2) is 24.2 Å². The topological polar surface area (TPSA) is 87.7 Å². The van der Waals surface area contributed by atoms with Gasteiger partial charge in [0.15, 0.2) is 0 Å². The number of ether oxygens (including phenoxy) is 1. The standard InChI is InChI=1S/C12H14N2O4/c1-7-4-5-9(6-10(7)15)14-12(17)13-8(2)11(16)18-3/h4-6,15H,2H2,1,3H3,(H2,13,14,17). The number of phenolic OH excluding ortho intramolecular Hbond substituents is 1. The van der Waals surface area contributed by atoms with Crippen molar-refractivity contribution < 1.29 is 19.4 Å². The van der Waals surface area contributed by atoms with E-state index in [4.69, 9.17) is 0 Å². The quantitative estimate of drug-likeness (QED) is 0.560. The van der Waals surface area contributed by atoms with Crippen molar-refractivity contribution in [3.8, 4) is 5.75 Å². The molecule has 0 aliphatic rings. The molecule has 96 valence electrons. The summed E-state index contributed by atoms with van der Waals surface area (Å²) in [5.74, 6) is -0.656. The summed E-state index contributed by atoms with van der Waals surface area (Å²) >= 11 is 0. The second-order valence-corrected chi connectivity index (χ2v) is 3.55. The summed E-state index contributed by atoms with van der Waals surface area (Å²) < 4.78 is 4.38. The minimum Gasteiger partial charge on any atom is -0.508 e. The first-order valence-corrected chi connectivity index (χ1v) is 5.09. The van der Waals surface area contributed by atoms with Crippen LogP contribution in [0.4, 0.5) is 10.5 Å². The van der Waals surface area contributed by atoms with Gasteiger partial charge in [0.1, 0.15) is 11.4 Å². The number of rotatable bonds is 3. The van der Waals surface area contributed by atoms with E-state index in [2.05, 4.69) is 21.9 Å². The van der Waals surface area contributed by atoms with Crippen molar-refractivity contribution in [2.24, 2.45) is 0 Å². The molecule has 0 saturated carbocycles. The van der Waals surface area contributed by atoms with Gasteiger partial charge in [-0.15, -0.1) is 0 Å². The van der Waals surface area contributed by atoms with Gasteiger partial charge in [-0.2, -0.15) is 0 Å². The number of anilines is 1. The van der Waals surface area contributed by atoms with Crippen molar-refractivity contribution in [1.29, 1.82) is 0 Å².